The number of primary amides is 1. The molecule has 1 aliphatic rings. The number of carbonyl (C=O) groups is 2. The second kappa shape index (κ2) is 10.1. The van der Waals surface area contributed by atoms with Crippen LogP contribution in [0, 0.1) is 16.0 Å². The number of hydrogen-bond acceptors (Lipinski definition) is 4. The largest absolute Gasteiger partial charge is 0.465 e. The van der Waals surface area contributed by atoms with Crippen LogP contribution < -0.4 is 5.73 Å². The topological polar surface area (TPSA) is 127 Å². The molecule has 0 aromatic heterocycles. The van der Waals surface area contributed by atoms with Crippen molar-refractivity contribution in [3.05, 3.63) is 75.8 Å². The predicted octanol–water partition coefficient (Wildman–Crippen LogP) is 3.31. The van der Waals surface area contributed by atoms with Crippen molar-refractivity contribution in [2.75, 3.05) is 13.1 Å². The van der Waals surface area contributed by atoms with Gasteiger partial charge in [0, 0.05) is 30.8 Å². The Labute approximate surface area is 162 Å². The molecule has 0 unspecified atom stereocenters. The van der Waals surface area contributed by atoms with E-state index in [0.29, 0.717) is 19.0 Å². The van der Waals surface area contributed by atoms with Crippen molar-refractivity contribution in [2.45, 2.75) is 19.3 Å². The molecule has 2 amide bonds. The number of nitrogens with two attached hydrogens (primary N) is 1. The molecular formula is C20H23N3O5. The van der Waals surface area contributed by atoms with Crippen LogP contribution in [0.1, 0.15) is 28.8 Å². The second-order valence-electron chi connectivity index (χ2n) is 6.57. The van der Waals surface area contributed by atoms with Crippen LogP contribution in [0.5, 0.6) is 0 Å². The van der Waals surface area contributed by atoms with Crippen LogP contribution in [0.15, 0.2) is 54.6 Å². The Kier molecular flexibility index (Phi) is 7.50. The molecule has 0 bridgehead atoms. The van der Waals surface area contributed by atoms with Gasteiger partial charge in [0.1, 0.15) is 0 Å². The number of piperidine rings is 1. The lowest BCUT2D eigenvalue weighted by atomic mass is 9.90. The quantitative estimate of drug-likeness (QED) is 0.616. The molecule has 0 aliphatic carbocycles. The maximum atomic E-state index is 10.7. The standard InChI is InChI=1S/C13H17NO2.C7H6N2O3/c15-13(16)14-8-6-12(7-9-14)10-11-4-2-1-3-5-11;8-7(10)5-1-3-6(4-2-5)9(11)12/h1-5,12H,6-10H2,(H,15,16);1-4H,(H2,8,10). The lowest BCUT2D eigenvalue weighted by Crippen LogP contribution is -2.37. The van der Waals surface area contributed by atoms with Crippen molar-refractivity contribution >= 4 is 17.7 Å². The second-order valence-corrected chi connectivity index (χ2v) is 6.57. The minimum absolute atomic E-state index is 0.0556. The smallest absolute Gasteiger partial charge is 0.407 e. The van der Waals surface area contributed by atoms with Crippen molar-refractivity contribution in [3.8, 4) is 0 Å². The van der Waals surface area contributed by atoms with Gasteiger partial charge in [-0.2, -0.15) is 0 Å². The van der Waals surface area contributed by atoms with Gasteiger partial charge in [-0.15, -0.1) is 0 Å². The van der Waals surface area contributed by atoms with E-state index in [9.17, 15) is 19.7 Å². The average molecular weight is 385 g/mol. The van der Waals surface area contributed by atoms with Gasteiger partial charge in [-0.1, -0.05) is 30.3 Å². The predicted molar refractivity (Wildman–Crippen MR) is 104 cm³/mol. The van der Waals surface area contributed by atoms with E-state index in [2.05, 4.69) is 24.3 Å². The minimum Gasteiger partial charge on any atom is -0.465 e. The zero-order valence-electron chi connectivity index (χ0n) is 15.4. The van der Waals surface area contributed by atoms with Crippen LogP contribution >= 0.6 is 0 Å². The molecule has 8 heteroatoms. The highest BCUT2D eigenvalue weighted by Crippen LogP contribution is 2.21. The van der Waals surface area contributed by atoms with Gasteiger partial charge in [0.25, 0.3) is 5.69 Å². The molecule has 0 spiro atoms. The molecule has 8 nitrogen and oxygen atoms in total. The third kappa shape index (κ3) is 6.39. The summed E-state index contributed by atoms with van der Waals surface area (Å²) in [6, 6.07) is 15.5. The Morgan fingerprint density at radius 3 is 2.11 bits per heavy atom. The molecule has 148 valence electrons. The number of carbonyl (C=O) groups excluding carboxylic acids is 1. The molecule has 2 aromatic rings. The SMILES string of the molecule is NC(=O)c1ccc([N+](=O)[O-])cc1.O=C(O)N1CCC(Cc2ccccc2)CC1. The number of nitro groups is 1. The van der Waals surface area contributed by atoms with E-state index in [1.807, 2.05) is 6.07 Å². The highest BCUT2D eigenvalue weighted by molar-refractivity contribution is 5.92. The summed E-state index contributed by atoms with van der Waals surface area (Å²) in [5.74, 6) is 0.0443. The van der Waals surface area contributed by atoms with Crippen LogP contribution in [-0.2, 0) is 6.42 Å². The molecule has 2 aromatic carbocycles. The highest BCUT2D eigenvalue weighted by atomic mass is 16.6. The van der Waals surface area contributed by atoms with Gasteiger partial charge in [-0.25, -0.2) is 4.79 Å². The Bertz CT molecular complexity index is 767. The van der Waals surface area contributed by atoms with Crippen molar-refractivity contribution in [1.82, 2.24) is 4.90 Å². The van der Waals surface area contributed by atoms with E-state index < -0.39 is 16.9 Å². The molecule has 0 saturated carbocycles. The average Bonchev–Trinajstić information content (AvgIpc) is 2.70. The number of nitrogens with zero attached hydrogens (tertiary/aromatic N) is 2. The molecule has 0 atom stereocenters. The summed E-state index contributed by atoms with van der Waals surface area (Å²) < 4.78 is 0. The lowest BCUT2D eigenvalue weighted by molar-refractivity contribution is -0.384. The van der Waals surface area contributed by atoms with E-state index >= 15 is 0 Å². The van der Waals surface area contributed by atoms with E-state index in [1.165, 1.54) is 34.7 Å². The maximum Gasteiger partial charge on any atom is 0.407 e. The van der Waals surface area contributed by atoms with Crippen molar-refractivity contribution < 1.29 is 19.6 Å². The van der Waals surface area contributed by atoms with Crippen LogP contribution in [0.25, 0.3) is 0 Å². The highest BCUT2D eigenvalue weighted by Gasteiger charge is 2.22. The third-order valence-corrected chi connectivity index (χ3v) is 4.61. The molecule has 3 N–H and O–H groups in total. The first kappa shape index (κ1) is 20.9. The number of amides is 2. The minimum atomic E-state index is -0.779. The Hall–Kier alpha value is -3.42. The fraction of sp³-hybridized carbons (Fsp3) is 0.300. The van der Waals surface area contributed by atoms with Crippen LogP contribution in [0.2, 0.25) is 0 Å². The van der Waals surface area contributed by atoms with Crippen molar-refractivity contribution in [3.63, 3.8) is 0 Å². The first-order valence-electron chi connectivity index (χ1n) is 8.93. The number of nitro benzene ring substituents is 1. The van der Waals surface area contributed by atoms with E-state index in [1.54, 1.807) is 0 Å². The Morgan fingerprint density at radius 2 is 1.64 bits per heavy atom. The summed E-state index contributed by atoms with van der Waals surface area (Å²) in [6.07, 6.45) is 2.27. The third-order valence-electron chi connectivity index (χ3n) is 4.61. The Balaban J connectivity index is 0.000000209. The van der Waals surface area contributed by atoms with Gasteiger partial charge in [0.05, 0.1) is 4.92 Å². The zero-order chi connectivity index (χ0) is 20.5. The first-order valence-corrected chi connectivity index (χ1v) is 8.93. The summed E-state index contributed by atoms with van der Waals surface area (Å²) in [6.45, 7) is 1.37. The zero-order valence-corrected chi connectivity index (χ0v) is 15.4. The summed E-state index contributed by atoms with van der Waals surface area (Å²) >= 11 is 0. The number of carboxylic acid groups (broad SMARTS) is 1. The molecule has 1 saturated heterocycles. The van der Waals surface area contributed by atoms with Gasteiger partial charge in [-0.05, 0) is 42.9 Å². The maximum absolute atomic E-state index is 10.7. The fourth-order valence-corrected chi connectivity index (χ4v) is 3.02. The van der Waals surface area contributed by atoms with Gasteiger partial charge in [-0.3, -0.25) is 14.9 Å². The number of hydrogen-bond donors (Lipinski definition) is 2. The van der Waals surface area contributed by atoms with E-state index in [0.717, 1.165) is 19.3 Å². The van der Waals surface area contributed by atoms with Gasteiger partial charge in [0.2, 0.25) is 5.91 Å². The number of likely N-dealkylation sites (tertiary alicyclic amines) is 1. The van der Waals surface area contributed by atoms with Gasteiger partial charge < -0.3 is 15.7 Å². The normalized spacial score (nSPS) is 13.9. The monoisotopic (exact) mass is 385 g/mol. The molecule has 1 aliphatic heterocycles. The van der Waals surface area contributed by atoms with Crippen LogP contribution in [-0.4, -0.2) is 40.0 Å². The fourth-order valence-electron chi connectivity index (χ4n) is 3.02. The molecular weight excluding hydrogens is 362 g/mol. The molecule has 1 fully saturated rings. The van der Waals surface area contributed by atoms with Crippen molar-refractivity contribution in [1.29, 1.82) is 0 Å². The summed E-state index contributed by atoms with van der Waals surface area (Å²) in [7, 11) is 0. The van der Waals surface area contributed by atoms with E-state index in [4.69, 9.17) is 10.8 Å². The van der Waals surface area contributed by atoms with Crippen LogP contribution in [0.4, 0.5) is 10.5 Å². The number of non-ortho nitro benzene ring substituents is 1. The molecule has 1 heterocycles. The summed E-state index contributed by atoms with van der Waals surface area (Å²) in [4.78, 5) is 32.4. The van der Waals surface area contributed by atoms with Gasteiger partial charge >= 0.3 is 6.09 Å². The van der Waals surface area contributed by atoms with Crippen molar-refractivity contribution in [2.24, 2.45) is 11.7 Å². The molecule has 28 heavy (non-hydrogen) atoms. The number of rotatable bonds is 4. The van der Waals surface area contributed by atoms with Gasteiger partial charge in [0.15, 0.2) is 0 Å². The van der Waals surface area contributed by atoms with Crippen LogP contribution in [0.3, 0.4) is 0 Å². The molecule has 0 radical (unpaired) electrons. The van der Waals surface area contributed by atoms with E-state index in [-0.39, 0.29) is 11.3 Å². The first-order chi connectivity index (χ1) is 13.4. The number of benzene rings is 2. The molecule has 3 rings (SSSR count). The summed E-state index contributed by atoms with van der Waals surface area (Å²) in [5.41, 5.74) is 6.50. The summed E-state index contributed by atoms with van der Waals surface area (Å²) in [5, 5.41) is 19.0. The Morgan fingerprint density at radius 1 is 1.07 bits per heavy atom. The lowest BCUT2D eigenvalue weighted by Gasteiger charge is -2.29.